The van der Waals surface area contributed by atoms with Crippen LogP contribution in [-0.4, -0.2) is 34.4 Å². The van der Waals surface area contributed by atoms with Crippen LogP contribution in [0.2, 0.25) is 0 Å². The molecule has 0 saturated carbocycles. The first-order valence-corrected chi connectivity index (χ1v) is 10.3. The Morgan fingerprint density at radius 3 is 2.13 bits per heavy atom. The van der Waals surface area contributed by atoms with E-state index in [1.165, 1.54) is 0 Å². The Labute approximate surface area is 177 Å². The molecule has 0 amide bonds. The lowest BCUT2D eigenvalue weighted by atomic mass is 9.87. The summed E-state index contributed by atoms with van der Waals surface area (Å²) in [5.74, 6) is -0.149. The maximum Gasteiger partial charge on any atom is 0.280 e. The Morgan fingerprint density at radius 2 is 1.57 bits per heavy atom. The monoisotopic (exact) mass is 398 g/mol. The van der Waals surface area contributed by atoms with Gasteiger partial charge < -0.3 is 9.90 Å². The highest BCUT2D eigenvalue weighted by molar-refractivity contribution is 6.00. The SMILES string of the molecule is CCN1C(c2ccccc2)=[N+](Cc2ccccc2)CC1(C(=O)[O-])c1ccc(C)cc1. The number of likely N-dealkylation sites (N-methyl/N-ethyl adjacent to an activating group) is 1. The van der Waals surface area contributed by atoms with E-state index in [2.05, 4.69) is 16.7 Å². The minimum Gasteiger partial charge on any atom is -0.545 e. The van der Waals surface area contributed by atoms with Gasteiger partial charge in [0.1, 0.15) is 13.1 Å². The van der Waals surface area contributed by atoms with Crippen LogP contribution < -0.4 is 5.11 Å². The third-order valence-electron chi connectivity index (χ3n) is 5.87. The predicted molar refractivity (Wildman–Crippen MR) is 116 cm³/mol. The van der Waals surface area contributed by atoms with E-state index in [-0.39, 0.29) is 0 Å². The Bertz CT molecular complexity index is 1060. The van der Waals surface area contributed by atoms with Gasteiger partial charge in [-0.05, 0) is 31.5 Å². The average Bonchev–Trinajstić information content (AvgIpc) is 3.10. The molecule has 1 heterocycles. The van der Waals surface area contributed by atoms with Crippen LogP contribution in [0.3, 0.4) is 0 Å². The highest BCUT2D eigenvalue weighted by atomic mass is 16.4. The zero-order chi connectivity index (χ0) is 21.1. The van der Waals surface area contributed by atoms with Crippen LogP contribution in [0.15, 0.2) is 84.9 Å². The van der Waals surface area contributed by atoms with Crippen molar-refractivity contribution in [1.82, 2.24) is 4.90 Å². The van der Waals surface area contributed by atoms with E-state index in [0.717, 1.165) is 28.1 Å². The molecule has 3 aromatic carbocycles. The molecular formula is C26H26N2O2. The van der Waals surface area contributed by atoms with Gasteiger partial charge in [0.05, 0.1) is 18.1 Å². The van der Waals surface area contributed by atoms with Crippen LogP contribution in [0.5, 0.6) is 0 Å². The fourth-order valence-electron chi connectivity index (χ4n) is 4.44. The number of carboxylic acids is 1. The van der Waals surface area contributed by atoms with E-state index in [9.17, 15) is 9.90 Å². The number of carbonyl (C=O) groups excluding carboxylic acids is 1. The van der Waals surface area contributed by atoms with E-state index in [1.54, 1.807) is 0 Å². The normalized spacial score (nSPS) is 18.7. The highest BCUT2D eigenvalue weighted by Crippen LogP contribution is 2.36. The second-order valence-corrected chi connectivity index (χ2v) is 7.79. The van der Waals surface area contributed by atoms with Gasteiger partial charge in [0.25, 0.3) is 5.84 Å². The molecule has 0 fully saturated rings. The van der Waals surface area contributed by atoms with Crippen molar-refractivity contribution in [2.24, 2.45) is 0 Å². The summed E-state index contributed by atoms with van der Waals surface area (Å²) in [5, 5.41) is 12.8. The molecule has 0 aromatic heterocycles. The summed E-state index contributed by atoms with van der Waals surface area (Å²) >= 11 is 0. The zero-order valence-electron chi connectivity index (χ0n) is 17.4. The van der Waals surface area contributed by atoms with Gasteiger partial charge in [0.15, 0.2) is 0 Å². The largest absolute Gasteiger partial charge is 0.545 e. The Morgan fingerprint density at radius 1 is 0.967 bits per heavy atom. The van der Waals surface area contributed by atoms with Crippen molar-refractivity contribution in [3.8, 4) is 0 Å². The molecule has 152 valence electrons. The van der Waals surface area contributed by atoms with Crippen LogP contribution in [0, 0.1) is 6.92 Å². The fraction of sp³-hybridized carbons (Fsp3) is 0.231. The second-order valence-electron chi connectivity index (χ2n) is 7.79. The lowest BCUT2D eigenvalue weighted by molar-refractivity contribution is -0.542. The zero-order valence-corrected chi connectivity index (χ0v) is 17.4. The Kier molecular flexibility index (Phi) is 5.40. The number of amidine groups is 1. The van der Waals surface area contributed by atoms with Gasteiger partial charge in [0, 0.05) is 5.56 Å². The molecule has 30 heavy (non-hydrogen) atoms. The minimum absolute atomic E-state index is 0.325. The maximum absolute atomic E-state index is 12.8. The number of hydrogen-bond acceptors (Lipinski definition) is 3. The molecule has 4 rings (SSSR count). The second kappa shape index (κ2) is 8.15. The number of carboxylic acid groups (broad SMARTS) is 1. The van der Waals surface area contributed by atoms with Gasteiger partial charge >= 0.3 is 0 Å². The highest BCUT2D eigenvalue weighted by Gasteiger charge is 2.55. The van der Waals surface area contributed by atoms with Crippen LogP contribution in [-0.2, 0) is 16.9 Å². The van der Waals surface area contributed by atoms with Crippen molar-refractivity contribution in [2.45, 2.75) is 25.9 Å². The van der Waals surface area contributed by atoms with E-state index in [0.29, 0.717) is 19.6 Å². The molecule has 4 nitrogen and oxygen atoms in total. The summed E-state index contributed by atoms with van der Waals surface area (Å²) in [6.45, 7) is 5.51. The molecule has 3 aromatic rings. The number of aryl methyl sites for hydroxylation is 1. The first-order chi connectivity index (χ1) is 14.6. The van der Waals surface area contributed by atoms with E-state index < -0.39 is 11.5 Å². The first-order valence-electron chi connectivity index (χ1n) is 10.3. The molecular weight excluding hydrogens is 372 g/mol. The number of aliphatic carboxylic acids is 1. The molecule has 1 unspecified atom stereocenters. The molecule has 1 aliphatic rings. The number of hydrogen-bond donors (Lipinski definition) is 0. The molecule has 0 bridgehead atoms. The van der Waals surface area contributed by atoms with E-state index >= 15 is 0 Å². The molecule has 4 heteroatoms. The van der Waals surface area contributed by atoms with Crippen molar-refractivity contribution < 1.29 is 14.5 Å². The Hall–Kier alpha value is -3.40. The summed E-state index contributed by atoms with van der Waals surface area (Å²) in [6.07, 6.45) is 0. The standard InChI is InChI=1S/C26H26N2O2/c1-3-28-24(22-12-8-5-9-13-22)27(18-21-10-6-4-7-11-21)19-26(28,25(29)30)23-16-14-20(2)15-17-23/h4-17H,3,18-19H2,1-2H3. The Balaban J connectivity index is 1.89. The first kappa shape index (κ1) is 19.9. The summed E-state index contributed by atoms with van der Waals surface area (Å²) < 4.78 is 2.17. The fourth-order valence-corrected chi connectivity index (χ4v) is 4.44. The number of carbonyl (C=O) groups is 1. The van der Waals surface area contributed by atoms with Crippen molar-refractivity contribution >= 4 is 11.8 Å². The summed E-state index contributed by atoms with van der Waals surface area (Å²) in [6, 6.07) is 28.0. The molecule has 0 aliphatic carbocycles. The summed E-state index contributed by atoms with van der Waals surface area (Å²) in [7, 11) is 0. The quantitative estimate of drug-likeness (QED) is 0.600. The van der Waals surface area contributed by atoms with Crippen molar-refractivity contribution in [1.29, 1.82) is 0 Å². The predicted octanol–water partition coefficient (Wildman–Crippen LogP) is 2.94. The van der Waals surface area contributed by atoms with Crippen molar-refractivity contribution in [2.75, 3.05) is 13.1 Å². The number of rotatable bonds is 6. The van der Waals surface area contributed by atoms with Crippen molar-refractivity contribution in [3.05, 3.63) is 107 Å². The van der Waals surface area contributed by atoms with Gasteiger partial charge in [-0.2, -0.15) is 0 Å². The van der Waals surface area contributed by atoms with Gasteiger partial charge in [-0.15, -0.1) is 0 Å². The lowest BCUT2D eigenvalue weighted by Gasteiger charge is -2.34. The van der Waals surface area contributed by atoms with E-state index in [1.807, 2.05) is 91.5 Å². The van der Waals surface area contributed by atoms with Crippen LogP contribution in [0.25, 0.3) is 0 Å². The van der Waals surface area contributed by atoms with Gasteiger partial charge in [-0.3, -0.25) is 4.58 Å². The molecule has 0 saturated heterocycles. The molecule has 0 spiro atoms. The van der Waals surface area contributed by atoms with Gasteiger partial charge in [-0.25, -0.2) is 4.90 Å². The van der Waals surface area contributed by atoms with Crippen LogP contribution in [0.1, 0.15) is 29.2 Å². The van der Waals surface area contributed by atoms with E-state index in [4.69, 9.17) is 0 Å². The minimum atomic E-state index is -1.25. The molecule has 1 aliphatic heterocycles. The molecule has 0 N–H and O–H groups in total. The average molecular weight is 399 g/mol. The third-order valence-corrected chi connectivity index (χ3v) is 5.87. The molecule has 1 atom stereocenters. The van der Waals surface area contributed by atoms with Gasteiger partial charge in [0.2, 0.25) is 5.54 Å². The molecule has 0 radical (unpaired) electrons. The number of benzene rings is 3. The van der Waals surface area contributed by atoms with Crippen LogP contribution in [0.4, 0.5) is 0 Å². The maximum atomic E-state index is 12.8. The lowest BCUT2D eigenvalue weighted by Crippen LogP contribution is -2.58. The third kappa shape index (κ3) is 3.39. The summed E-state index contributed by atoms with van der Waals surface area (Å²) in [5.41, 5.74) is 2.74. The van der Waals surface area contributed by atoms with Gasteiger partial charge in [-0.1, -0.05) is 78.4 Å². The summed E-state index contributed by atoms with van der Waals surface area (Å²) in [4.78, 5) is 14.8. The smallest absolute Gasteiger partial charge is 0.280 e. The number of nitrogens with zero attached hydrogens (tertiary/aromatic N) is 2. The topological polar surface area (TPSA) is 46.4 Å². The van der Waals surface area contributed by atoms with Crippen LogP contribution >= 0.6 is 0 Å². The van der Waals surface area contributed by atoms with Crippen molar-refractivity contribution in [3.63, 3.8) is 0 Å².